The third kappa shape index (κ3) is 5.11. The Bertz CT molecular complexity index is 283. The first-order valence-electron chi connectivity index (χ1n) is 5.64. The summed E-state index contributed by atoms with van der Waals surface area (Å²) < 4.78 is 4.15. The highest BCUT2D eigenvalue weighted by atomic mass is 32.1. The average Bonchev–Trinajstić information content (AvgIpc) is 2.50. The molecule has 0 aliphatic heterocycles. The number of anilines is 1. The molecule has 1 aromatic rings. The third-order valence-electron chi connectivity index (χ3n) is 2.32. The van der Waals surface area contributed by atoms with Crippen LogP contribution in [0.2, 0.25) is 0 Å². The van der Waals surface area contributed by atoms with E-state index in [2.05, 4.69) is 35.4 Å². The summed E-state index contributed by atoms with van der Waals surface area (Å²) in [5.41, 5.74) is 0. The second-order valence-electron chi connectivity index (χ2n) is 4.52. The Hall–Kier alpha value is -0.640. The maximum absolute atomic E-state index is 4.29. The molecule has 1 unspecified atom stereocenters. The van der Waals surface area contributed by atoms with Crippen molar-refractivity contribution in [3.05, 3.63) is 5.82 Å². The molecule has 0 aliphatic carbocycles. The summed E-state index contributed by atoms with van der Waals surface area (Å²) in [6, 6.07) is 0.496. The highest BCUT2D eigenvalue weighted by Crippen LogP contribution is 2.15. The topological polar surface area (TPSA) is 37.8 Å². The van der Waals surface area contributed by atoms with Crippen molar-refractivity contribution in [2.75, 3.05) is 5.32 Å². The average molecular weight is 227 g/mol. The predicted octanol–water partition coefficient (Wildman–Crippen LogP) is 3.47. The van der Waals surface area contributed by atoms with Crippen LogP contribution in [-0.4, -0.2) is 15.4 Å². The maximum Gasteiger partial charge on any atom is 0.202 e. The summed E-state index contributed by atoms with van der Waals surface area (Å²) in [6.07, 6.45) is 3.79. The molecule has 0 radical (unpaired) electrons. The minimum atomic E-state index is 0.496. The SMILES string of the molecule is Cc1nsc(NC(C)CCCC(C)C)n1. The molecule has 1 atom stereocenters. The fourth-order valence-corrected chi connectivity index (χ4v) is 2.16. The van der Waals surface area contributed by atoms with Crippen LogP contribution in [0.5, 0.6) is 0 Å². The van der Waals surface area contributed by atoms with E-state index in [4.69, 9.17) is 0 Å². The number of aryl methyl sites for hydroxylation is 1. The van der Waals surface area contributed by atoms with Gasteiger partial charge in [-0.25, -0.2) is 4.98 Å². The van der Waals surface area contributed by atoms with Crippen molar-refractivity contribution in [2.45, 2.75) is 53.0 Å². The molecule has 3 nitrogen and oxygen atoms in total. The number of hydrogen-bond acceptors (Lipinski definition) is 4. The van der Waals surface area contributed by atoms with Gasteiger partial charge in [0, 0.05) is 17.6 Å². The normalized spacial score (nSPS) is 13.1. The molecule has 1 heterocycles. The predicted molar refractivity (Wildman–Crippen MR) is 66.4 cm³/mol. The van der Waals surface area contributed by atoms with Gasteiger partial charge in [-0.05, 0) is 26.2 Å². The number of rotatable bonds is 6. The molecule has 86 valence electrons. The van der Waals surface area contributed by atoms with E-state index in [9.17, 15) is 0 Å². The molecule has 0 fully saturated rings. The monoisotopic (exact) mass is 227 g/mol. The van der Waals surface area contributed by atoms with E-state index in [1.807, 2.05) is 6.92 Å². The van der Waals surface area contributed by atoms with Crippen LogP contribution in [0.25, 0.3) is 0 Å². The van der Waals surface area contributed by atoms with Crippen LogP contribution in [0.15, 0.2) is 0 Å². The summed E-state index contributed by atoms with van der Waals surface area (Å²) in [6.45, 7) is 8.67. The van der Waals surface area contributed by atoms with Crippen molar-refractivity contribution in [1.29, 1.82) is 0 Å². The molecule has 0 aliphatic rings. The summed E-state index contributed by atoms with van der Waals surface area (Å²) in [5, 5.41) is 4.33. The van der Waals surface area contributed by atoms with E-state index in [1.165, 1.54) is 30.8 Å². The van der Waals surface area contributed by atoms with E-state index in [1.54, 1.807) is 0 Å². The van der Waals surface area contributed by atoms with Crippen LogP contribution in [0.1, 0.15) is 45.9 Å². The number of hydrogen-bond donors (Lipinski definition) is 1. The van der Waals surface area contributed by atoms with E-state index < -0.39 is 0 Å². The van der Waals surface area contributed by atoms with E-state index >= 15 is 0 Å². The molecule has 4 heteroatoms. The van der Waals surface area contributed by atoms with Gasteiger partial charge in [0.1, 0.15) is 5.82 Å². The minimum absolute atomic E-state index is 0.496. The van der Waals surface area contributed by atoms with Crippen LogP contribution in [0.3, 0.4) is 0 Å². The second-order valence-corrected chi connectivity index (χ2v) is 5.27. The van der Waals surface area contributed by atoms with Crippen LogP contribution in [0.4, 0.5) is 5.13 Å². The van der Waals surface area contributed by atoms with Gasteiger partial charge in [-0.15, -0.1) is 0 Å². The van der Waals surface area contributed by atoms with Crippen molar-refractivity contribution in [2.24, 2.45) is 5.92 Å². The molecule has 15 heavy (non-hydrogen) atoms. The molecule has 0 bridgehead atoms. The zero-order valence-electron chi connectivity index (χ0n) is 10.1. The van der Waals surface area contributed by atoms with Gasteiger partial charge in [-0.1, -0.05) is 26.7 Å². The van der Waals surface area contributed by atoms with Crippen molar-refractivity contribution in [1.82, 2.24) is 9.36 Å². The van der Waals surface area contributed by atoms with Gasteiger partial charge in [0.25, 0.3) is 0 Å². The minimum Gasteiger partial charge on any atom is -0.358 e. The first-order chi connectivity index (χ1) is 7.08. The van der Waals surface area contributed by atoms with Crippen LogP contribution in [-0.2, 0) is 0 Å². The van der Waals surface area contributed by atoms with Crippen molar-refractivity contribution in [3.8, 4) is 0 Å². The van der Waals surface area contributed by atoms with Crippen LogP contribution in [0, 0.1) is 12.8 Å². The van der Waals surface area contributed by atoms with Gasteiger partial charge in [0.15, 0.2) is 0 Å². The molecule has 0 spiro atoms. The molecule has 1 aromatic heterocycles. The second kappa shape index (κ2) is 6.05. The lowest BCUT2D eigenvalue weighted by atomic mass is 10.0. The standard InChI is InChI=1S/C11H21N3S/c1-8(2)6-5-7-9(3)12-11-13-10(4)14-15-11/h8-9H,5-7H2,1-4H3,(H,12,13,14). The first kappa shape index (κ1) is 12.4. The van der Waals surface area contributed by atoms with Crippen molar-refractivity contribution < 1.29 is 0 Å². The molecule has 0 amide bonds. The van der Waals surface area contributed by atoms with Crippen molar-refractivity contribution in [3.63, 3.8) is 0 Å². The van der Waals surface area contributed by atoms with Crippen LogP contribution >= 0.6 is 11.5 Å². The van der Waals surface area contributed by atoms with Gasteiger partial charge in [0.2, 0.25) is 5.13 Å². The van der Waals surface area contributed by atoms with E-state index in [0.29, 0.717) is 6.04 Å². The molecular weight excluding hydrogens is 206 g/mol. The molecule has 1 rings (SSSR count). The fourth-order valence-electron chi connectivity index (χ4n) is 1.47. The summed E-state index contributed by atoms with van der Waals surface area (Å²) in [5.74, 6) is 1.66. The Morgan fingerprint density at radius 2 is 2.00 bits per heavy atom. The molecular formula is C11H21N3S. The molecule has 0 saturated carbocycles. The number of nitrogens with one attached hydrogen (secondary N) is 1. The maximum atomic E-state index is 4.29. The van der Waals surface area contributed by atoms with Gasteiger partial charge in [0.05, 0.1) is 0 Å². The zero-order valence-corrected chi connectivity index (χ0v) is 10.9. The summed E-state index contributed by atoms with van der Waals surface area (Å²) in [4.78, 5) is 4.29. The Labute approximate surface area is 96.5 Å². The van der Waals surface area contributed by atoms with Gasteiger partial charge in [-0.2, -0.15) is 4.37 Å². The lowest BCUT2D eigenvalue weighted by molar-refractivity contribution is 0.520. The number of nitrogens with zero attached hydrogens (tertiary/aromatic N) is 2. The third-order valence-corrected chi connectivity index (χ3v) is 3.05. The molecule has 1 N–H and O–H groups in total. The van der Waals surface area contributed by atoms with Crippen LogP contribution < -0.4 is 5.32 Å². The van der Waals surface area contributed by atoms with E-state index in [-0.39, 0.29) is 0 Å². The lowest BCUT2D eigenvalue weighted by Gasteiger charge is -2.12. The lowest BCUT2D eigenvalue weighted by Crippen LogP contribution is -2.14. The Balaban J connectivity index is 2.21. The summed E-state index contributed by atoms with van der Waals surface area (Å²) in [7, 11) is 0. The highest BCUT2D eigenvalue weighted by Gasteiger charge is 2.05. The van der Waals surface area contributed by atoms with Crippen molar-refractivity contribution >= 4 is 16.7 Å². The largest absolute Gasteiger partial charge is 0.358 e. The first-order valence-corrected chi connectivity index (χ1v) is 6.42. The fraction of sp³-hybridized carbons (Fsp3) is 0.818. The Kier molecular flexibility index (Phi) is 5.02. The quantitative estimate of drug-likeness (QED) is 0.808. The Morgan fingerprint density at radius 3 is 2.53 bits per heavy atom. The number of aromatic nitrogens is 2. The van der Waals surface area contributed by atoms with E-state index in [0.717, 1.165) is 16.9 Å². The van der Waals surface area contributed by atoms with Gasteiger partial charge < -0.3 is 5.32 Å². The highest BCUT2D eigenvalue weighted by molar-refractivity contribution is 7.09. The smallest absolute Gasteiger partial charge is 0.202 e. The molecule has 0 aromatic carbocycles. The zero-order chi connectivity index (χ0) is 11.3. The molecule has 0 saturated heterocycles. The van der Waals surface area contributed by atoms with Gasteiger partial charge >= 0.3 is 0 Å². The summed E-state index contributed by atoms with van der Waals surface area (Å²) >= 11 is 1.45. The van der Waals surface area contributed by atoms with Gasteiger partial charge in [-0.3, -0.25) is 0 Å². The Morgan fingerprint density at radius 1 is 1.27 bits per heavy atom.